The number of nitrogens with two attached hydrogens (primary N) is 1. The number of benzene rings is 1. The van der Waals surface area contributed by atoms with Crippen LogP contribution in [-0.4, -0.2) is 15.7 Å². The highest BCUT2D eigenvalue weighted by molar-refractivity contribution is 7.99. The van der Waals surface area contributed by atoms with Gasteiger partial charge in [-0.2, -0.15) is 0 Å². The zero-order chi connectivity index (χ0) is 11.4. The molecular formula is C12H13N3S. The van der Waals surface area contributed by atoms with Crippen molar-refractivity contribution in [2.75, 3.05) is 11.5 Å². The van der Waals surface area contributed by atoms with Crippen molar-refractivity contribution in [2.24, 2.45) is 0 Å². The van der Waals surface area contributed by atoms with Gasteiger partial charge < -0.3 is 5.73 Å². The summed E-state index contributed by atoms with van der Waals surface area (Å²) in [5, 5.41) is 0. The van der Waals surface area contributed by atoms with Gasteiger partial charge >= 0.3 is 0 Å². The average Bonchev–Trinajstić information content (AvgIpc) is 2.32. The summed E-state index contributed by atoms with van der Waals surface area (Å²) in [7, 11) is 0. The molecule has 82 valence electrons. The molecule has 0 aliphatic rings. The Balaban J connectivity index is 2.24. The van der Waals surface area contributed by atoms with Crippen LogP contribution in [-0.2, 0) is 0 Å². The number of nitrogens with zero attached hydrogens (tertiary/aromatic N) is 2. The van der Waals surface area contributed by atoms with Crippen LogP contribution in [0.15, 0.2) is 41.6 Å². The van der Waals surface area contributed by atoms with Gasteiger partial charge in [0.1, 0.15) is 5.82 Å². The minimum Gasteiger partial charge on any atom is -0.382 e. The van der Waals surface area contributed by atoms with Crippen LogP contribution >= 0.6 is 11.8 Å². The molecule has 0 radical (unpaired) electrons. The fourth-order valence-corrected chi connectivity index (χ4v) is 2.04. The molecule has 0 spiro atoms. The molecule has 2 rings (SSSR count). The molecule has 16 heavy (non-hydrogen) atoms. The van der Waals surface area contributed by atoms with Gasteiger partial charge in [-0.3, -0.25) is 4.98 Å². The highest BCUT2D eigenvalue weighted by Crippen LogP contribution is 2.22. The van der Waals surface area contributed by atoms with Crippen LogP contribution in [0.1, 0.15) is 6.92 Å². The van der Waals surface area contributed by atoms with E-state index in [4.69, 9.17) is 5.73 Å². The van der Waals surface area contributed by atoms with Gasteiger partial charge in [0.2, 0.25) is 0 Å². The van der Waals surface area contributed by atoms with E-state index in [1.54, 1.807) is 12.4 Å². The quantitative estimate of drug-likeness (QED) is 0.825. The van der Waals surface area contributed by atoms with Crippen LogP contribution in [0.5, 0.6) is 0 Å². The minimum atomic E-state index is 0.446. The summed E-state index contributed by atoms with van der Waals surface area (Å²) in [6.45, 7) is 2.14. The summed E-state index contributed by atoms with van der Waals surface area (Å²) >= 11 is 1.83. The maximum absolute atomic E-state index is 5.49. The van der Waals surface area contributed by atoms with Crippen molar-refractivity contribution in [3.8, 4) is 11.3 Å². The Bertz CT molecular complexity index is 451. The third kappa shape index (κ3) is 2.52. The molecule has 1 aromatic heterocycles. The maximum atomic E-state index is 5.49. The smallest absolute Gasteiger partial charge is 0.141 e. The lowest BCUT2D eigenvalue weighted by atomic mass is 10.2. The van der Waals surface area contributed by atoms with Crippen molar-refractivity contribution in [2.45, 2.75) is 11.8 Å². The molecule has 0 aliphatic carbocycles. The maximum Gasteiger partial charge on any atom is 0.141 e. The van der Waals surface area contributed by atoms with Crippen LogP contribution in [0.3, 0.4) is 0 Å². The SMILES string of the molecule is CCSc1ccc(-c2cnc(N)cn2)cc1. The second-order valence-electron chi connectivity index (χ2n) is 3.28. The van der Waals surface area contributed by atoms with E-state index in [0.29, 0.717) is 5.82 Å². The summed E-state index contributed by atoms with van der Waals surface area (Å²) in [6, 6.07) is 8.31. The Hall–Kier alpha value is -1.55. The van der Waals surface area contributed by atoms with E-state index in [9.17, 15) is 0 Å². The third-order valence-electron chi connectivity index (χ3n) is 2.13. The van der Waals surface area contributed by atoms with Gasteiger partial charge in [0.05, 0.1) is 18.1 Å². The third-order valence-corrected chi connectivity index (χ3v) is 3.03. The molecule has 4 heteroatoms. The zero-order valence-electron chi connectivity index (χ0n) is 9.05. The van der Waals surface area contributed by atoms with Crippen molar-refractivity contribution >= 4 is 17.6 Å². The molecule has 1 heterocycles. The molecule has 0 amide bonds. The second-order valence-corrected chi connectivity index (χ2v) is 4.62. The Labute approximate surface area is 99.1 Å². The minimum absolute atomic E-state index is 0.446. The van der Waals surface area contributed by atoms with Gasteiger partial charge in [-0.05, 0) is 17.9 Å². The van der Waals surface area contributed by atoms with Crippen molar-refractivity contribution in [1.29, 1.82) is 0 Å². The molecule has 0 saturated carbocycles. The molecular weight excluding hydrogens is 218 g/mol. The van der Waals surface area contributed by atoms with E-state index < -0.39 is 0 Å². The summed E-state index contributed by atoms with van der Waals surface area (Å²) < 4.78 is 0. The number of aromatic nitrogens is 2. The Morgan fingerprint density at radius 1 is 1.12 bits per heavy atom. The van der Waals surface area contributed by atoms with Crippen LogP contribution in [0.4, 0.5) is 5.82 Å². The van der Waals surface area contributed by atoms with E-state index in [2.05, 4.69) is 41.2 Å². The fraction of sp³-hybridized carbons (Fsp3) is 0.167. The molecule has 0 bridgehead atoms. The van der Waals surface area contributed by atoms with E-state index in [0.717, 1.165) is 17.0 Å². The molecule has 0 fully saturated rings. The van der Waals surface area contributed by atoms with E-state index in [1.165, 1.54) is 4.90 Å². The first-order valence-corrected chi connectivity index (χ1v) is 6.09. The lowest BCUT2D eigenvalue weighted by Gasteiger charge is -2.02. The average molecular weight is 231 g/mol. The fourth-order valence-electron chi connectivity index (χ4n) is 1.38. The van der Waals surface area contributed by atoms with Gasteiger partial charge in [-0.15, -0.1) is 11.8 Å². The molecule has 0 unspecified atom stereocenters. The van der Waals surface area contributed by atoms with Gasteiger partial charge in [-0.25, -0.2) is 4.98 Å². The molecule has 2 N–H and O–H groups in total. The number of thioether (sulfide) groups is 1. The summed E-state index contributed by atoms with van der Waals surface area (Å²) in [6.07, 6.45) is 3.27. The van der Waals surface area contributed by atoms with Crippen LogP contribution in [0.25, 0.3) is 11.3 Å². The van der Waals surface area contributed by atoms with Gasteiger partial charge in [0.25, 0.3) is 0 Å². The van der Waals surface area contributed by atoms with Gasteiger partial charge in [-0.1, -0.05) is 19.1 Å². The number of rotatable bonds is 3. The first kappa shape index (κ1) is 11.0. The lowest BCUT2D eigenvalue weighted by Crippen LogP contribution is -1.92. The summed E-state index contributed by atoms with van der Waals surface area (Å²) in [5.41, 5.74) is 7.40. The number of anilines is 1. The van der Waals surface area contributed by atoms with E-state index >= 15 is 0 Å². The molecule has 2 aromatic rings. The number of hydrogen-bond donors (Lipinski definition) is 1. The number of hydrogen-bond acceptors (Lipinski definition) is 4. The normalized spacial score (nSPS) is 10.3. The predicted octanol–water partition coefficient (Wildman–Crippen LogP) is 2.84. The van der Waals surface area contributed by atoms with Crippen LogP contribution in [0, 0.1) is 0 Å². The molecule has 0 saturated heterocycles. The molecule has 1 aromatic carbocycles. The highest BCUT2D eigenvalue weighted by atomic mass is 32.2. The largest absolute Gasteiger partial charge is 0.382 e. The number of nitrogen functional groups attached to an aromatic ring is 1. The van der Waals surface area contributed by atoms with E-state index in [1.807, 2.05) is 11.8 Å². The predicted molar refractivity (Wildman–Crippen MR) is 68.3 cm³/mol. The lowest BCUT2D eigenvalue weighted by molar-refractivity contribution is 1.21. The molecule has 3 nitrogen and oxygen atoms in total. The standard InChI is InChI=1S/C12H13N3S/c1-2-16-10-5-3-9(4-6-10)11-7-15-12(13)8-14-11/h3-8H,2H2,1H3,(H2,13,15). The summed E-state index contributed by atoms with van der Waals surface area (Å²) in [4.78, 5) is 9.53. The van der Waals surface area contributed by atoms with Gasteiger partial charge in [0.15, 0.2) is 0 Å². The first-order chi connectivity index (χ1) is 7.79. The topological polar surface area (TPSA) is 51.8 Å². The van der Waals surface area contributed by atoms with Crippen molar-refractivity contribution in [3.05, 3.63) is 36.7 Å². The van der Waals surface area contributed by atoms with Crippen molar-refractivity contribution in [3.63, 3.8) is 0 Å². The zero-order valence-corrected chi connectivity index (χ0v) is 9.87. The Morgan fingerprint density at radius 3 is 2.44 bits per heavy atom. The van der Waals surface area contributed by atoms with Crippen molar-refractivity contribution in [1.82, 2.24) is 9.97 Å². The van der Waals surface area contributed by atoms with Gasteiger partial charge in [0, 0.05) is 10.5 Å². The molecule has 0 aliphatic heterocycles. The monoisotopic (exact) mass is 231 g/mol. The van der Waals surface area contributed by atoms with E-state index in [-0.39, 0.29) is 0 Å². The molecule has 0 atom stereocenters. The second kappa shape index (κ2) is 4.99. The summed E-state index contributed by atoms with van der Waals surface area (Å²) in [5.74, 6) is 1.53. The van der Waals surface area contributed by atoms with Crippen LogP contribution in [0.2, 0.25) is 0 Å². The van der Waals surface area contributed by atoms with Crippen LogP contribution < -0.4 is 5.73 Å². The highest BCUT2D eigenvalue weighted by Gasteiger charge is 1.99. The Kier molecular flexibility index (Phi) is 3.41. The Morgan fingerprint density at radius 2 is 1.88 bits per heavy atom. The van der Waals surface area contributed by atoms with Crippen molar-refractivity contribution < 1.29 is 0 Å². The first-order valence-electron chi connectivity index (χ1n) is 5.10.